The smallest absolute Gasteiger partial charge is 0.339 e. The van der Waals surface area contributed by atoms with E-state index in [0.29, 0.717) is 20.9 Å². The Balaban J connectivity index is 2.42. The lowest BCUT2D eigenvalue weighted by atomic mass is 10.2. The highest BCUT2D eigenvalue weighted by Gasteiger charge is 2.19. The molecule has 0 aromatic heterocycles. The van der Waals surface area contributed by atoms with Crippen LogP contribution in [0.2, 0.25) is 0 Å². The Morgan fingerprint density at radius 2 is 1.88 bits per heavy atom. The molecule has 2 rings (SSSR count). The van der Waals surface area contributed by atoms with Crippen LogP contribution in [-0.2, 0) is 15.7 Å². The van der Waals surface area contributed by atoms with E-state index >= 15 is 0 Å². The minimum atomic E-state index is -1.45. The van der Waals surface area contributed by atoms with Gasteiger partial charge in [-0.15, -0.1) is 0 Å². The third-order valence-electron chi connectivity index (χ3n) is 3.31. The molecule has 0 heterocycles. The van der Waals surface area contributed by atoms with Gasteiger partial charge in [-0.2, -0.15) is 4.40 Å². The van der Waals surface area contributed by atoms with Crippen molar-refractivity contribution in [3.63, 3.8) is 0 Å². The van der Waals surface area contributed by atoms with Crippen molar-refractivity contribution < 1.29 is 18.1 Å². The van der Waals surface area contributed by atoms with Crippen molar-refractivity contribution in [3.8, 4) is 0 Å². The van der Waals surface area contributed by atoms with Gasteiger partial charge in [-0.05, 0) is 39.0 Å². The molecule has 0 saturated heterocycles. The zero-order valence-corrected chi connectivity index (χ0v) is 16.6. The van der Waals surface area contributed by atoms with Gasteiger partial charge in [-0.1, -0.05) is 36.0 Å². The summed E-state index contributed by atoms with van der Waals surface area (Å²) in [5.41, 5.74) is 0.844. The van der Waals surface area contributed by atoms with Crippen molar-refractivity contribution in [1.82, 2.24) is 0 Å². The normalized spacial score (nSPS) is 13.0. The predicted octanol–water partition coefficient (Wildman–Crippen LogP) is 4.64. The number of benzene rings is 2. The minimum absolute atomic E-state index is 0.304. The van der Waals surface area contributed by atoms with Crippen molar-refractivity contribution in [3.05, 3.63) is 59.4 Å². The Morgan fingerprint density at radius 3 is 2.54 bits per heavy atom. The van der Waals surface area contributed by atoms with Gasteiger partial charge in [-0.25, -0.2) is 13.4 Å². The van der Waals surface area contributed by atoms with Crippen LogP contribution in [0.5, 0.6) is 0 Å². The monoisotopic (exact) mass is 393 g/mol. The zero-order chi connectivity index (χ0) is 19.3. The summed E-state index contributed by atoms with van der Waals surface area (Å²) in [5, 5.41) is 0. The summed E-state index contributed by atoms with van der Waals surface area (Å²) < 4.78 is 34.9. The van der Waals surface area contributed by atoms with Crippen molar-refractivity contribution in [2.45, 2.75) is 35.3 Å². The molecular weight excluding hydrogens is 373 g/mol. The summed E-state index contributed by atoms with van der Waals surface area (Å²) in [6.07, 6.45) is 1.41. The van der Waals surface area contributed by atoms with Crippen LogP contribution in [0.25, 0.3) is 0 Å². The lowest BCUT2D eigenvalue weighted by Crippen LogP contribution is -2.19. The Labute approximate surface area is 159 Å². The molecule has 0 aliphatic heterocycles. The maximum Gasteiger partial charge on any atom is 0.339 e. The molecule has 0 bridgehead atoms. The van der Waals surface area contributed by atoms with Crippen LogP contribution in [0.3, 0.4) is 0 Å². The number of nitrogens with zero attached hydrogens (tertiary/aromatic N) is 1. The second kappa shape index (κ2) is 8.60. The van der Waals surface area contributed by atoms with Crippen LogP contribution in [-0.4, -0.2) is 28.2 Å². The molecule has 4 nitrogen and oxygen atoms in total. The molecule has 0 aliphatic rings. The molecule has 138 valence electrons. The van der Waals surface area contributed by atoms with Crippen LogP contribution in [0.4, 0.5) is 4.39 Å². The molecule has 7 heteroatoms. The number of methoxy groups -OCH3 is 1. The lowest BCUT2D eigenvalue weighted by Gasteiger charge is -2.13. The molecule has 2 aromatic carbocycles. The average molecular weight is 394 g/mol. The van der Waals surface area contributed by atoms with Crippen molar-refractivity contribution >= 4 is 34.9 Å². The van der Waals surface area contributed by atoms with Gasteiger partial charge >= 0.3 is 5.97 Å². The first-order valence-electron chi connectivity index (χ1n) is 7.84. The molecule has 0 saturated carbocycles. The molecule has 0 amide bonds. The summed E-state index contributed by atoms with van der Waals surface area (Å²) in [5.74, 6) is -0.936. The maximum absolute atomic E-state index is 14.4. The first kappa shape index (κ1) is 20.3. The van der Waals surface area contributed by atoms with Crippen molar-refractivity contribution in [2.75, 3.05) is 7.11 Å². The van der Waals surface area contributed by atoms with E-state index in [4.69, 9.17) is 4.74 Å². The van der Waals surface area contributed by atoms with Crippen molar-refractivity contribution in [1.29, 1.82) is 0 Å². The SMILES string of the molecule is COC(=O)c1ccccc1Sc1c(F)cccc1C=NS(=O)C(C)(C)C. The number of hydrogen-bond donors (Lipinski definition) is 0. The molecule has 26 heavy (non-hydrogen) atoms. The predicted molar refractivity (Wildman–Crippen MR) is 104 cm³/mol. The fourth-order valence-electron chi connectivity index (χ4n) is 1.94. The van der Waals surface area contributed by atoms with Gasteiger partial charge < -0.3 is 4.74 Å². The fourth-order valence-corrected chi connectivity index (χ4v) is 3.50. The second-order valence-electron chi connectivity index (χ2n) is 6.34. The van der Waals surface area contributed by atoms with E-state index in [-0.39, 0.29) is 0 Å². The Bertz CT molecular complexity index is 860. The number of rotatable bonds is 5. The Hall–Kier alpha value is -1.99. The largest absolute Gasteiger partial charge is 0.465 e. The number of halogens is 1. The standard InChI is InChI=1S/C19H20FNO3S2/c1-19(2,3)26(23)21-12-13-8-7-10-15(20)17(13)25-16-11-6-5-9-14(16)18(22)24-4/h5-12H,1-4H3. The molecular formula is C19H20FNO3S2. The highest BCUT2D eigenvalue weighted by atomic mass is 32.2. The summed E-state index contributed by atoms with van der Waals surface area (Å²) in [4.78, 5) is 12.8. The number of carbonyl (C=O) groups is 1. The van der Waals surface area contributed by atoms with E-state index in [1.165, 1.54) is 19.4 Å². The maximum atomic E-state index is 14.4. The molecule has 1 unspecified atom stereocenters. The van der Waals surface area contributed by atoms with Gasteiger partial charge in [0.25, 0.3) is 0 Å². The lowest BCUT2D eigenvalue weighted by molar-refractivity contribution is 0.0597. The van der Waals surface area contributed by atoms with E-state index in [0.717, 1.165) is 11.8 Å². The number of ether oxygens (including phenoxy) is 1. The quantitative estimate of drug-likeness (QED) is 0.548. The van der Waals surface area contributed by atoms with Gasteiger partial charge in [0, 0.05) is 16.7 Å². The van der Waals surface area contributed by atoms with Crippen LogP contribution in [0.1, 0.15) is 36.7 Å². The summed E-state index contributed by atoms with van der Waals surface area (Å²) in [7, 11) is -0.150. The molecule has 1 atom stereocenters. The van der Waals surface area contributed by atoms with Gasteiger partial charge in [-0.3, -0.25) is 0 Å². The van der Waals surface area contributed by atoms with Gasteiger partial charge in [0.1, 0.15) is 16.8 Å². The minimum Gasteiger partial charge on any atom is -0.465 e. The summed E-state index contributed by atoms with van der Waals surface area (Å²) in [6, 6.07) is 11.4. The van der Waals surface area contributed by atoms with E-state index in [1.54, 1.807) is 36.4 Å². The van der Waals surface area contributed by atoms with Crippen molar-refractivity contribution in [2.24, 2.45) is 4.40 Å². The van der Waals surface area contributed by atoms with Gasteiger partial charge in [0.15, 0.2) is 0 Å². The van der Waals surface area contributed by atoms with Crippen LogP contribution >= 0.6 is 11.8 Å². The van der Waals surface area contributed by atoms with E-state index in [9.17, 15) is 13.4 Å². The van der Waals surface area contributed by atoms with Crippen LogP contribution in [0, 0.1) is 5.82 Å². The highest BCUT2D eigenvalue weighted by Crippen LogP contribution is 2.34. The fraction of sp³-hybridized carbons (Fsp3) is 0.263. The Morgan fingerprint density at radius 1 is 1.19 bits per heavy atom. The molecule has 0 fully saturated rings. The van der Waals surface area contributed by atoms with Gasteiger partial charge in [0.2, 0.25) is 0 Å². The van der Waals surface area contributed by atoms with Crippen LogP contribution < -0.4 is 0 Å². The topological polar surface area (TPSA) is 55.7 Å². The number of carbonyl (C=O) groups excluding carboxylic acids is 1. The second-order valence-corrected chi connectivity index (χ2v) is 9.33. The van der Waals surface area contributed by atoms with E-state index in [1.807, 2.05) is 20.8 Å². The molecule has 0 radical (unpaired) electrons. The molecule has 2 aromatic rings. The van der Waals surface area contributed by atoms with E-state index in [2.05, 4.69) is 4.40 Å². The Kier molecular flexibility index (Phi) is 6.72. The number of hydrogen-bond acceptors (Lipinski definition) is 4. The van der Waals surface area contributed by atoms with Gasteiger partial charge in [0.05, 0.1) is 22.3 Å². The third kappa shape index (κ3) is 5.02. The number of esters is 1. The van der Waals surface area contributed by atoms with Crippen LogP contribution in [0.15, 0.2) is 56.7 Å². The molecule has 0 N–H and O–H groups in total. The first-order chi connectivity index (χ1) is 12.2. The summed E-state index contributed by atoms with van der Waals surface area (Å²) >= 11 is 1.10. The molecule has 0 spiro atoms. The zero-order valence-electron chi connectivity index (χ0n) is 15.0. The molecule has 0 aliphatic carbocycles. The average Bonchev–Trinajstić information content (AvgIpc) is 2.60. The summed E-state index contributed by atoms with van der Waals surface area (Å²) in [6.45, 7) is 5.44. The van der Waals surface area contributed by atoms with E-state index < -0.39 is 27.5 Å². The third-order valence-corrected chi connectivity index (χ3v) is 5.87. The first-order valence-corrected chi connectivity index (χ1v) is 9.76. The highest BCUT2D eigenvalue weighted by molar-refractivity contribution is 7.99.